The maximum atomic E-state index is 11.1. The Morgan fingerprint density at radius 2 is 1.43 bits per heavy atom. The summed E-state index contributed by atoms with van der Waals surface area (Å²) in [6.07, 6.45) is 13.1. The molecule has 0 radical (unpaired) electrons. The number of carbonyl (C=O) groups is 1. The predicted octanol–water partition coefficient (Wildman–Crippen LogP) is 4.61. The lowest BCUT2D eigenvalue weighted by molar-refractivity contribution is -0.142. The van der Waals surface area contributed by atoms with E-state index in [0.717, 1.165) is 19.5 Å². The molecule has 0 aromatic rings. The molecule has 3 nitrogen and oxygen atoms in total. The highest BCUT2D eigenvalue weighted by molar-refractivity contribution is 7.80. The highest BCUT2D eigenvalue weighted by Gasteiger charge is 2.21. The van der Waals surface area contributed by atoms with Gasteiger partial charge in [0.2, 0.25) is 0 Å². The quantitative estimate of drug-likeness (QED) is 0.342. The van der Waals surface area contributed by atoms with Gasteiger partial charge < -0.3 is 5.11 Å². The monoisotopic (exact) mass is 317 g/mol. The van der Waals surface area contributed by atoms with Crippen molar-refractivity contribution >= 4 is 18.6 Å². The van der Waals surface area contributed by atoms with Crippen molar-refractivity contribution < 1.29 is 9.90 Å². The molecule has 0 aliphatic heterocycles. The fraction of sp³-hybridized carbons (Fsp3) is 0.941. The van der Waals surface area contributed by atoms with E-state index in [1.54, 1.807) is 0 Å². The van der Waals surface area contributed by atoms with Gasteiger partial charge in [-0.25, -0.2) is 0 Å². The van der Waals surface area contributed by atoms with E-state index < -0.39 is 12.0 Å². The number of nitrogens with zero attached hydrogens (tertiary/aromatic N) is 1. The maximum Gasteiger partial charge on any atom is 0.321 e. The first-order valence-electron chi connectivity index (χ1n) is 8.75. The largest absolute Gasteiger partial charge is 0.480 e. The van der Waals surface area contributed by atoms with Gasteiger partial charge in [-0.3, -0.25) is 9.69 Å². The van der Waals surface area contributed by atoms with Gasteiger partial charge in [-0.15, -0.1) is 0 Å². The molecule has 1 unspecified atom stereocenters. The molecule has 0 saturated carbocycles. The molecule has 126 valence electrons. The fourth-order valence-corrected chi connectivity index (χ4v) is 3.07. The summed E-state index contributed by atoms with van der Waals surface area (Å²) in [4.78, 5) is 13.2. The summed E-state index contributed by atoms with van der Waals surface area (Å²) < 4.78 is 0. The van der Waals surface area contributed by atoms with E-state index in [1.807, 2.05) is 11.8 Å². The Kier molecular flexibility index (Phi) is 14.6. The van der Waals surface area contributed by atoms with Gasteiger partial charge in [-0.05, 0) is 19.5 Å². The average Bonchev–Trinajstić information content (AvgIpc) is 2.47. The van der Waals surface area contributed by atoms with E-state index in [0.29, 0.717) is 5.75 Å². The Labute approximate surface area is 136 Å². The Hall–Kier alpha value is -0.220. The van der Waals surface area contributed by atoms with Crippen molar-refractivity contribution in [1.82, 2.24) is 4.90 Å². The minimum Gasteiger partial charge on any atom is -0.480 e. The van der Waals surface area contributed by atoms with E-state index in [2.05, 4.69) is 19.6 Å². The van der Waals surface area contributed by atoms with Crippen molar-refractivity contribution in [2.24, 2.45) is 0 Å². The molecule has 0 bridgehead atoms. The van der Waals surface area contributed by atoms with Gasteiger partial charge in [0.05, 0.1) is 0 Å². The standard InChI is InChI=1S/C17H35NO2S/c1-3-5-6-7-8-9-10-11-12-13-14-18(4-2)16(15-21)17(19)20/h16,21H,3-15H2,1-2H3,(H,19,20). The van der Waals surface area contributed by atoms with Crippen molar-refractivity contribution in [3.05, 3.63) is 0 Å². The van der Waals surface area contributed by atoms with Gasteiger partial charge in [0, 0.05) is 5.75 Å². The van der Waals surface area contributed by atoms with Gasteiger partial charge >= 0.3 is 5.97 Å². The fourth-order valence-electron chi connectivity index (χ4n) is 2.69. The number of hydrogen-bond donors (Lipinski definition) is 2. The van der Waals surface area contributed by atoms with Crippen LogP contribution < -0.4 is 0 Å². The lowest BCUT2D eigenvalue weighted by Gasteiger charge is -2.26. The Balaban J connectivity index is 3.53. The molecule has 0 rings (SSSR count). The molecular weight excluding hydrogens is 282 g/mol. The Bertz CT molecular complexity index is 249. The van der Waals surface area contributed by atoms with Gasteiger partial charge in [-0.2, -0.15) is 12.6 Å². The van der Waals surface area contributed by atoms with Gasteiger partial charge in [0.15, 0.2) is 0 Å². The highest BCUT2D eigenvalue weighted by atomic mass is 32.1. The summed E-state index contributed by atoms with van der Waals surface area (Å²) in [5.74, 6) is -0.361. The van der Waals surface area contributed by atoms with Crippen molar-refractivity contribution in [1.29, 1.82) is 0 Å². The smallest absolute Gasteiger partial charge is 0.321 e. The summed E-state index contributed by atoms with van der Waals surface area (Å²) in [5, 5.41) is 9.15. The van der Waals surface area contributed by atoms with Crippen molar-refractivity contribution in [2.45, 2.75) is 84.1 Å². The molecule has 0 aliphatic carbocycles. The molecule has 0 aliphatic rings. The topological polar surface area (TPSA) is 40.5 Å². The second-order valence-electron chi connectivity index (χ2n) is 5.85. The van der Waals surface area contributed by atoms with Crippen LogP contribution in [-0.4, -0.2) is 40.9 Å². The molecule has 21 heavy (non-hydrogen) atoms. The Morgan fingerprint density at radius 3 is 1.81 bits per heavy atom. The van der Waals surface area contributed by atoms with E-state index >= 15 is 0 Å². The van der Waals surface area contributed by atoms with Crippen molar-refractivity contribution in [3.8, 4) is 0 Å². The number of carboxylic acid groups (broad SMARTS) is 1. The van der Waals surface area contributed by atoms with Crippen LogP contribution in [0.2, 0.25) is 0 Å². The number of aliphatic carboxylic acids is 1. The first-order chi connectivity index (χ1) is 10.2. The lowest BCUT2D eigenvalue weighted by atomic mass is 10.1. The molecule has 0 amide bonds. The summed E-state index contributed by atoms with van der Waals surface area (Å²) in [7, 11) is 0. The number of rotatable bonds is 15. The molecule has 1 N–H and O–H groups in total. The van der Waals surface area contributed by atoms with Crippen LogP contribution in [0.5, 0.6) is 0 Å². The van der Waals surface area contributed by atoms with Crippen LogP contribution in [0, 0.1) is 0 Å². The summed E-state index contributed by atoms with van der Waals surface area (Å²) in [5.41, 5.74) is 0. The molecule has 0 saturated heterocycles. The molecule has 0 spiro atoms. The minimum atomic E-state index is -0.751. The third kappa shape index (κ3) is 11.1. The summed E-state index contributed by atoms with van der Waals surface area (Å²) in [6, 6.07) is -0.433. The van der Waals surface area contributed by atoms with Crippen LogP contribution in [-0.2, 0) is 4.79 Å². The van der Waals surface area contributed by atoms with Crippen molar-refractivity contribution in [2.75, 3.05) is 18.8 Å². The van der Waals surface area contributed by atoms with Gasteiger partial charge in [0.1, 0.15) is 6.04 Å². The molecule has 4 heteroatoms. The predicted molar refractivity (Wildman–Crippen MR) is 94.4 cm³/mol. The van der Waals surface area contributed by atoms with Crippen LogP contribution in [0.25, 0.3) is 0 Å². The van der Waals surface area contributed by atoms with Crippen LogP contribution in [0.1, 0.15) is 78.1 Å². The maximum absolute atomic E-state index is 11.1. The number of thiol groups is 1. The first kappa shape index (κ1) is 20.8. The van der Waals surface area contributed by atoms with Crippen LogP contribution in [0.3, 0.4) is 0 Å². The second-order valence-corrected chi connectivity index (χ2v) is 6.21. The summed E-state index contributed by atoms with van der Waals surface area (Å²) in [6.45, 7) is 5.94. The van der Waals surface area contributed by atoms with E-state index in [1.165, 1.54) is 57.8 Å². The zero-order valence-corrected chi connectivity index (χ0v) is 14.9. The SMILES string of the molecule is CCCCCCCCCCCCN(CC)C(CS)C(=O)O. The molecule has 1 atom stereocenters. The average molecular weight is 318 g/mol. The zero-order valence-electron chi connectivity index (χ0n) is 14.0. The van der Waals surface area contributed by atoms with E-state index in [-0.39, 0.29) is 0 Å². The van der Waals surface area contributed by atoms with Crippen molar-refractivity contribution in [3.63, 3.8) is 0 Å². The van der Waals surface area contributed by atoms with Gasteiger partial charge in [-0.1, -0.05) is 71.6 Å². The van der Waals surface area contributed by atoms with E-state index in [4.69, 9.17) is 5.11 Å². The Morgan fingerprint density at radius 1 is 0.952 bits per heavy atom. The third-order valence-corrected chi connectivity index (χ3v) is 4.45. The lowest BCUT2D eigenvalue weighted by Crippen LogP contribution is -2.43. The summed E-state index contributed by atoms with van der Waals surface area (Å²) >= 11 is 4.15. The van der Waals surface area contributed by atoms with Gasteiger partial charge in [0.25, 0.3) is 0 Å². The molecular formula is C17H35NO2S. The highest BCUT2D eigenvalue weighted by Crippen LogP contribution is 2.11. The third-order valence-electron chi connectivity index (χ3n) is 4.10. The van der Waals surface area contributed by atoms with Crippen LogP contribution in [0.4, 0.5) is 0 Å². The zero-order chi connectivity index (χ0) is 15.9. The molecule has 0 aromatic heterocycles. The van der Waals surface area contributed by atoms with E-state index in [9.17, 15) is 4.79 Å². The van der Waals surface area contributed by atoms with Crippen LogP contribution >= 0.6 is 12.6 Å². The first-order valence-corrected chi connectivity index (χ1v) is 9.38. The molecule has 0 fully saturated rings. The normalized spacial score (nSPS) is 12.8. The number of unbranched alkanes of at least 4 members (excludes halogenated alkanes) is 9. The number of likely N-dealkylation sites (N-methyl/N-ethyl adjacent to an activating group) is 1. The minimum absolute atomic E-state index is 0.390. The number of hydrogen-bond acceptors (Lipinski definition) is 3. The molecule has 0 aromatic carbocycles. The number of carboxylic acids is 1. The van der Waals surface area contributed by atoms with Crippen LogP contribution in [0.15, 0.2) is 0 Å². The second kappa shape index (κ2) is 14.7. The molecule has 0 heterocycles.